The topological polar surface area (TPSA) is 75.3 Å². The van der Waals surface area contributed by atoms with Crippen LogP contribution in [0.25, 0.3) is 22.2 Å². The van der Waals surface area contributed by atoms with Crippen molar-refractivity contribution in [3.05, 3.63) is 60.2 Å². The number of ether oxygens (including phenoxy) is 1. The normalized spacial score (nSPS) is 10.6. The maximum atomic E-state index is 12.9. The van der Waals surface area contributed by atoms with Crippen LogP contribution in [0, 0.1) is 0 Å². The van der Waals surface area contributed by atoms with E-state index in [1.807, 2.05) is 69.3 Å². The Kier molecular flexibility index (Phi) is 6.61. The minimum atomic E-state index is -0.299. The van der Waals surface area contributed by atoms with Gasteiger partial charge >= 0.3 is 0 Å². The Bertz CT molecular complexity index is 1040. The average molecular weight is 409 g/mol. The minimum absolute atomic E-state index is 0.0238. The molecule has 0 saturated heterocycles. The Balaban J connectivity index is 2.03. The van der Waals surface area contributed by atoms with Crippen molar-refractivity contribution in [3.63, 3.8) is 0 Å². The Morgan fingerprint density at radius 1 is 1.10 bits per heavy atom. The fourth-order valence-corrected chi connectivity index (χ4v) is 3.12. The zero-order chi connectivity index (χ0) is 20.8. The zero-order valence-electron chi connectivity index (χ0n) is 16.7. The first-order valence-electron chi connectivity index (χ1n) is 9.49. The van der Waals surface area contributed by atoms with E-state index >= 15 is 0 Å². The smallest absolute Gasteiger partial charge is 0.270 e. The molecule has 1 amide bonds. The molecule has 3 aromatic rings. The first kappa shape index (κ1) is 20.5. The summed E-state index contributed by atoms with van der Waals surface area (Å²) in [4.78, 5) is 17.7. The number of hydrogen-bond donors (Lipinski definition) is 3. The van der Waals surface area contributed by atoms with Crippen molar-refractivity contribution in [2.45, 2.75) is 26.9 Å². The van der Waals surface area contributed by atoms with Gasteiger partial charge < -0.3 is 10.1 Å². The predicted octanol–water partition coefficient (Wildman–Crippen LogP) is 3.82. The van der Waals surface area contributed by atoms with Gasteiger partial charge in [-0.25, -0.2) is 4.98 Å². The summed E-state index contributed by atoms with van der Waals surface area (Å²) in [5, 5.41) is 4.04. The van der Waals surface area contributed by atoms with Crippen LogP contribution in [0.4, 0.5) is 0 Å². The summed E-state index contributed by atoms with van der Waals surface area (Å²) in [7, 11) is 0. The van der Waals surface area contributed by atoms with Crippen LogP contribution in [0.5, 0.6) is 5.75 Å². The molecule has 0 aliphatic carbocycles. The van der Waals surface area contributed by atoms with Crippen LogP contribution in [0.1, 0.15) is 31.1 Å². The van der Waals surface area contributed by atoms with Gasteiger partial charge in [-0.05, 0) is 57.3 Å². The molecule has 150 valence electrons. The number of hydrazine groups is 1. The Morgan fingerprint density at radius 3 is 2.59 bits per heavy atom. The Hall–Kier alpha value is -3.19. The summed E-state index contributed by atoms with van der Waals surface area (Å²) in [5.41, 5.74) is 8.09. The number of nitrogens with zero attached hydrogens (tertiary/aromatic N) is 1. The lowest BCUT2D eigenvalue weighted by Gasteiger charge is -2.16. The van der Waals surface area contributed by atoms with E-state index in [4.69, 9.17) is 21.9 Å². The molecular weight excluding hydrogens is 384 g/mol. The summed E-state index contributed by atoms with van der Waals surface area (Å²) < 4.78 is 5.94. The van der Waals surface area contributed by atoms with Crippen molar-refractivity contribution < 1.29 is 9.53 Å². The second-order valence-corrected chi connectivity index (χ2v) is 7.08. The monoisotopic (exact) mass is 408 g/mol. The first-order valence-corrected chi connectivity index (χ1v) is 9.90. The van der Waals surface area contributed by atoms with Gasteiger partial charge in [-0.1, -0.05) is 30.3 Å². The molecule has 0 unspecified atom stereocenters. The van der Waals surface area contributed by atoms with Gasteiger partial charge in [0.25, 0.3) is 5.91 Å². The summed E-state index contributed by atoms with van der Waals surface area (Å²) >= 11 is 5.11. The lowest BCUT2D eigenvalue weighted by Crippen LogP contribution is -2.46. The molecule has 6 nitrogen and oxygen atoms in total. The van der Waals surface area contributed by atoms with Crippen molar-refractivity contribution in [2.24, 2.45) is 0 Å². The van der Waals surface area contributed by atoms with Gasteiger partial charge in [-0.2, -0.15) is 0 Å². The highest BCUT2D eigenvalue weighted by atomic mass is 32.1. The molecule has 29 heavy (non-hydrogen) atoms. The quantitative estimate of drug-likeness (QED) is 0.440. The van der Waals surface area contributed by atoms with E-state index in [0.717, 1.165) is 22.2 Å². The molecule has 7 heteroatoms. The number of pyridine rings is 1. The molecule has 1 aromatic heterocycles. The van der Waals surface area contributed by atoms with Crippen LogP contribution in [0.3, 0.4) is 0 Å². The fourth-order valence-electron chi connectivity index (χ4n) is 2.92. The van der Waals surface area contributed by atoms with Crippen molar-refractivity contribution in [3.8, 4) is 17.0 Å². The fraction of sp³-hybridized carbons (Fsp3) is 0.227. The van der Waals surface area contributed by atoms with Gasteiger partial charge in [-0.3, -0.25) is 15.6 Å². The number of aromatic nitrogens is 1. The number of fused-ring (bicyclic) bond motifs is 1. The van der Waals surface area contributed by atoms with Crippen LogP contribution in [0.15, 0.2) is 54.6 Å². The van der Waals surface area contributed by atoms with Gasteiger partial charge in [0, 0.05) is 17.5 Å². The molecule has 0 saturated carbocycles. The lowest BCUT2D eigenvalue weighted by molar-refractivity contribution is 0.0945. The molecule has 3 rings (SSSR count). The number of rotatable bonds is 5. The summed E-state index contributed by atoms with van der Waals surface area (Å²) in [5.74, 6) is 0.426. The average Bonchev–Trinajstić information content (AvgIpc) is 2.71. The largest absolute Gasteiger partial charge is 0.490 e. The molecule has 1 heterocycles. The summed E-state index contributed by atoms with van der Waals surface area (Å²) in [6.07, 6.45) is 0.0238. The number of hydrogen-bond acceptors (Lipinski definition) is 4. The minimum Gasteiger partial charge on any atom is -0.490 e. The Morgan fingerprint density at radius 2 is 1.83 bits per heavy atom. The van der Waals surface area contributed by atoms with Crippen LogP contribution in [0.2, 0.25) is 0 Å². The van der Waals surface area contributed by atoms with E-state index in [9.17, 15) is 4.79 Å². The van der Waals surface area contributed by atoms with E-state index in [-0.39, 0.29) is 12.0 Å². The Labute approximate surface area is 175 Å². The van der Waals surface area contributed by atoms with E-state index in [0.29, 0.717) is 22.9 Å². The van der Waals surface area contributed by atoms with Crippen molar-refractivity contribution in [1.82, 2.24) is 21.2 Å². The number of nitrogens with one attached hydrogen (secondary N) is 3. The first-order chi connectivity index (χ1) is 14.0. The van der Waals surface area contributed by atoms with Crippen LogP contribution < -0.4 is 20.9 Å². The maximum absolute atomic E-state index is 12.9. The number of carbonyl (C=O) groups excluding carboxylic acids is 1. The van der Waals surface area contributed by atoms with Crippen molar-refractivity contribution >= 4 is 34.1 Å². The highest BCUT2D eigenvalue weighted by Crippen LogP contribution is 2.32. The molecule has 2 aromatic carbocycles. The third-order valence-electron chi connectivity index (χ3n) is 4.11. The van der Waals surface area contributed by atoms with Gasteiger partial charge in [0.2, 0.25) is 0 Å². The summed E-state index contributed by atoms with van der Waals surface area (Å²) in [6.45, 7) is 6.54. The third-order valence-corrected chi connectivity index (χ3v) is 4.36. The van der Waals surface area contributed by atoms with Gasteiger partial charge in [0.1, 0.15) is 5.75 Å². The molecule has 0 bridgehead atoms. The van der Waals surface area contributed by atoms with Crippen molar-refractivity contribution in [1.29, 1.82) is 0 Å². The van der Waals surface area contributed by atoms with E-state index in [1.54, 1.807) is 6.07 Å². The molecule has 0 atom stereocenters. The molecule has 0 fully saturated rings. The predicted molar refractivity (Wildman–Crippen MR) is 120 cm³/mol. The van der Waals surface area contributed by atoms with Gasteiger partial charge in [-0.15, -0.1) is 0 Å². The van der Waals surface area contributed by atoms with Crippen LogP contribution >= 0.6 is 12.2 Å². The SMILES string of the molecule is CCNC(=S)NNC(=O)c1cc(-c2ccccc2OC(C)C)nc2ccccc12. The van der Waals surface area contributed by atoms with E-state index < -0.39 is 0 Å². The molecule has 3 N–H and O–H groups in total. The van der Waals surface area contributed by atoms with Gasteiger partial charge in [0.15, 0.2) is 5.11 Å². The molecule has 0 radical (unpaired) electrons. The number of benzene rings is 2. The van der Waals surface area contributed by atoms with Crippen molar-refractivity contribution in [2.75, 3.05) is 6.54 Å². The maximum Gasteiger partial charge on any atom is 0.270 e. The third kappa shape index (κ3) is 5.00. The van der Waals surface area contributed by atoms with E-state index in [2.05, 4.69) is 16.2 Å². The number of carbonyl (C=O) groups is 1. The highest BCUT2D eigenvalue weighted by molar-refractivity contribution is 7.80. The number of amides is 1. The number of para-hydroxylation sites is 2. The molecule has 0 spiro atoms. The molecular formula is C22H24N4O2S. The van der Waals surface area contributed by atoms with Crippen LogP contribution in [-0.4, -0.2) is 28.7 Å². The van der Waals surface area contributed by atoms with E-state index in [1.165, 1.54) is 0 Å². The second-order valence-electron chi connectivity index (χ2n) is 6.67. The zero-order valence-corrected chi connectivity index (χ0v) is 17.5. The highest BCUT2D eigenvalue weighted by Gasteiger charge is 2.16. The van der Waals surface area contributed by atoms with Crippen LogP contribution in [-0.2, 0) is 0 Å². The molecule has 0 aliphatic rings. The van der Waals surface area contributed by atoms with Gasteiger partial charge in [0.05, 0.1) is 22.9 Å². The standard InChI is InChI=1S/C22H24N4O2S/c1-4-23-22(29)26-25-21(27)17-13-19(24-18-11-7-5-9-15(17)18)16-10-6-8-12-20(16)28-14(2)3/h5-14H,4H2,1-3H3,(H,25,27)(H2,23,26,29). The molecule has 0 aliphatic heterocycles. The lowest BCUT2D eigenvalue weighted by atomic mass is 10.0. The number of thiocarbonyl (C=S) groups is 1. The second kappa shape index (κ2) is 9.34. The summed E-state index contributed by atoms with van der Waals surface area (Å²) in [6, 6.07) is 17.0.